The highest BCUT2D eigenvalue weighted by atomic mass is 35.5. The number of H-pyrrole nitrogens is 1. The quantitative estimate of drug-likeness (QED) is 0.552. The van der Waals surface area contributed by atoms with Gasteiger partial charge in [-0.1, -0.05) is 29.3 Å². The van der Waals surface area contributed by atoms with E-state index in [9.17, 15) is 13.6 Å². The van der Waals surface area contributed by atoms with Crippen molar-refractivity contribution in [1.29, 1.82) is 0 Å². The molecule has 0 bridgehead atoms. The van der Waals surface area contributed by atoms with Gasteiger partial charge in [-0.05, 0) is 42.3 Å². The maximum absolute atomic E-state index is 12.5. The molecular weight excluding hydrogens is 413 g/mol. The fourth-order valence-corrected chi connectivity index (χ4v) is 3.22. The van der Waals surface area contributed by atoms with Gasteiger partial charge in [-0.15, -0.1) is 0 Å². The number of aromatic nitrogens is 1. The summed E-state index contributed by atoms with van der Waals surface area (Å²) in [6, 6.07) is 9.81. The van der Waals surface area contributed by atoms with Gasteiger partial charge in [-0.25, -0.2) is 0 Å². The van der Waals surface area contributed by atoms with Crippen molar-refractivity contribution in [3.05, 3.63) is 57.7 Å². The summed E-state index contributed by atoms with van der Waals surface area (Å²) >= 11 is 12.2. The number of rotatable bonds is 7. The molecule has 148 valence electrons. The van der Waals surface area contributed by atoms with Gasteiger partial charge in [-0.2, -0.15) is 8.78 Å². The average Bonchev–Trinajstić information content (AvgIpc) is 2.98. The summed E-state index contributed by atoms with van der Waals surface area (Å²) in [6.45, 7) is -2.69. The van der Waals surface area contributed by atoms with Crippen molar-refractivity contribution in [3.8, 4) is 11.5 Å². The van der Waals surface area contributed by atoms with Crippen molar-refractivity contribution in [3.63, 3.8) is 0 Å². The number of aromatic amines is 1. The van der Waals surface area contributed by atoms with Crippen LogP contribution in [0, 0.1) is 0 Å². The number of fused-ring (bicyclic) bond motifs is 1. The molecule has 0 spiro atoms. The molecule has 2 aromatic carbocycles. The van der Waals surface area contributed by atoms with Crippen LogP contribution in [0.4, 0.5) is 8.78 Å². The van der Waals surface area contributed by atoms with Gasteiger partial charge in [-0.3, -0.25) is 4.79 Å². The molecule has 0 fully saturated rings. The van der Waals surface area contributed by atoms with Crippen LogP contribution in [-0.4, -0.2) is 31.2 Å². The maximum atomic E-state index is 12.5. The van der Waals surface area contributed by atoms with E-state index in [1.807, 2.05) is 0 Å². The molecule has 28 heavy (non-hydrogen) atoms. The van der Waals surface area contributed by atoms with Crippen LogP contribution >= 0.6 is 23.2 Å². The van der Waals surface area contributed by atoms with Crippen molar-refractivity contribution in [2.45, 2.75) is 13.0 Å². The van der Waals surface area contributed by atoms with Crippen LogP contribution in [0.25, 0.3) is 10.9 Å². The topological polar surface area (TPSA) is 63.3 Å². The van der Waals surface area contributed by atoms with Crippen molar-refractivity contribution in [2.75, 3.05) is 13.7 Å². The lowest BCUT2D eigenvalue weighted by Gasteiger charge is -2.11. The highest BCUT2D eigenvalue weighted by molar-refractivity contribution is 6.39. The third-order valence-corrected chi connectivity index (χ3v) is 4.70. The lowest BCUT2D eigenvalue weighted by molar-refractivity contribution is -0.0512. The second-order valence-electron chi connectivity index (χ2n) is 5.87. The molecule has 3 aromatic rings. The largest absolute Gasteiger partial charge is 0.493 e. The molecule has 3 rings (SSSR count). The van der Waals surface area contributed by atoms with E-state index in [0.717, 1.165) is 0 Å². The molecule has 0 aliphatic carbocycles. The Morgan fingerprint density at radius 2 is 1.96 bits per heavy atom. The van der Waals surface area contributed by atoms with Gasteiger partial charge in [0.15, 0.2) is 11.5 Å². The highest BCUT2D eigenvalue weighted by Crippen LogP contribution is 2.30. The molecular formula is C19H16Cl2F2N2O3. The van der Waals surface area contributed by atoms with Crippen LogP contribution in [-0.2, 0) is 6.42 Å². The Labute approximate surface area is 169 Å². The van der Waals surface area contributed by atoms with Crippen LogP contribution < -0.4 is 14.8 Å². The van der Waals surface area contributed by atoms with E-state index in [2.05, 4.69) is 15.0 Å². The number of hydrogen-bond donors (Lipinski definition) is 2. The molecule has 0 unspecified atom stereocenters. The van der Waals surface area contributed by atoms with Crippen molar-refractivity contribution in [1.82, 2.24) is 10.3 Å². The predicted octanol–water partition coefficient (Wildman–Crippen LogP) is 5.06. The molecule has 1 amide bonds. The minimum absolute atomic E-state index is 0.0585. The monoisotopic (exact) mass is 428 g/mol. The average molecular weight is 429 g/mol. The summed E-state index contributed by atoms with van der Waals surface area (Å²) in [6.07, 6.45) is 0.402. The van der Waals surface area contributed by atoms with Crippen LogP contribution in [0.2, 0.25) is 10.0 Å². The SMILES string of the molecule is COc1ccc(CCNC(=O)c2[nH]c3ccc(Cl)cc3c2Cl)cc1OC(F)F. The lowest BCUT2D eigenvalue weighted by Crippen LogP contribution is -2.26. The van der Waals surface area contributed by atoms with Gasteiger partial charge in [0.05, 0.1) is 12.1 Å². The minimum atomic E-state index is -2.96. The third kappa shape index (κ3) is 4.48. The van der Waals surface area contributed by atoms with Gasteiger partial charge in [0.25, 0.3) is 5.91 Å². The van der Waals surface area contributed by atoms with Gasteiger partial charge in [0.1, 0.15) is 5.69 Å². The number of ether oxygens (including phenoxy) is 2. The Balaban J connectivity index is 1.66. The molecule has 2 N–H and O–H groups in total. The minimum Gasteiger partial charge on any atom is -0.493 e. The molecule has 0 radical (unpaired) electrons. The number of hydrogen-bond acceptors (Lipinski definition) is 3. The Bertz CT molecular complexity index is 1010. The van der Waals surface area contributed by atoms with E-state index >= 15 is 0 Å². The zero-order chi connectivity index (χ0) is 20.3. The molecule has 0 saturated carbocycles. The molecule has 5 nitrogen and oxygen atoms in total. The number of carbonyl (C=O) groups excluding carboxylic acids is 1. The fourth-order valence-electron chi connectivity index (χ4n) is 2.76. The van der Waals surface area contributed by atoms with Crippen molar-refractivity contribution >= 4 is 40.0 Å². The number of methoxy groups -OCH3 is 1. The van der Waals surface area contributed by atoms with E-state index < -0.39 is 6.61 Å². The molecule has 1 aromatic heterocycles. The number of nitrogens with one attached hydrogen (secondary N) is 2. The number of benzene rings is 2. The normalized spacial score (nSPS) is 11.1. The van der Waals surface area contributed by atoms with Crippen LogP contribution in [0.15, 0.2) is 36.4 Å². The second kappa shape index (κ2) is 8.67. The summed E-state index contributed by atoms with van der Waals surface area (Å²) in [5.41, 5.74) is 1.63. The standard InChI is InChI=1S/C19H16Cl2F2N2O3/c1-27-14-5-2-10(8-15(14)28-19(22)23)6-7-24-18(26)17-16(21)12-9-11(20)3-4-13(12)25-17/h2-5,8-9,19,25H,6-7H2,1H3,(H,24,26). The maximum Gasteiger partial charge on any atom is 0.387 e. The molecule has 0 saturated heterocycles. The van der Waals surface area contributed by atoms with Gasteiger partial charge in [0.2, 0.25) is 0 Å². The Hall–Kier alpha value is -2.51. The Kier molecular flexibility index (Phi) is 6.26. The van der Waals surface area contributed by atoms with Crippen LogP contribution in [0.1, 0.15) is 16.1 Å². The number of alkyl halides is 2. The van der Waals surface area contributed by atoms with Gasteiger partial charge >= 0.3 is 6.61 Å². The summed E-state index contributed by atoms with van der Waals surface area (Å²) in [5, 5.41) is 4.20. The summed E-state index contributed by atoms with van der Waals surface area (Å²) in [5.74, 6) is -0.233. The first-order valence-corrected chi connectivity index (χ1v) is 9.01. The van der Waals surface area contributed by atoms with Gasteiger partial charge < -0.3 is 19.8 Å². The zero-order valence-corrected chi connectivity index (χ0v) is 16.2. The van der Waals surface area contributed by atoms with E-state index in [0.29, 0.717) is 27.9 Å². The lowest BCUT2D eigenvalue weighted by atomic mass is 10.1. The number of carbonyl (C=O) groups is 1. The van der Waals surface area contributed by atoms with E-state index in [-0.39, 0.29) is 34.7 Å². The first kappa shape index (κ1) is 20.2. The van der Waals surface area contributed by atoms with Crippen LogP contribution in [0.5, 0.6) is 11.5 Å². The first-order chi connectivity index (χ1) is 13.4. The molecule has 0 atom stereocenters. The number of halogens is 4. The van der Waals surface area contributed by atoms with E-state index in [4.69, 9.17) is 27.9 Å². The fraction of sp³-hybridized carbons (Fsp3) is 0.211. The summed E-state index contributed by atoms with van der Waals surface area (Å²) in [7, 11) is 1.37. The highest BCUT2D eigenvalue weighted by Gasteiger charge is 2.17. The first-order valence-electron chi connectivity index (χ1n) is 8.25. The third-order valence-electron chi connectivity index (χ3n) is 4.07. The second-order valence-corrected chi connectivity index (χ2v) is 6.69. The van der Waals surface area contributed by atoms with Gasteiger partial charge in [0, 0.05) is 22.5 Å². The number of amides is 1. The molecule has 0 aliphatic rings. The molecule has 9 heteroatoms. The van der Waals surface area contributed by atoms with E-state index in [1.54, 1.807) is 24.3 Å². The summed E-state index contributed by atoms with van der Waals surface area (Å²) in [4.78, 5) is 15.4. The summed E-state index contributed by atoms with van der Waals surface area (Å²) < 4.78 is 34.5. The van der Waals surface area contributed by atoms with Crippen molar-refractivity contribution < 1.29 is 23.0 Å². The Morgan fingerprint density at radius 1 is 1.18 bits per heavy atom. The van der Waals surface area contributed by atoms with Crippen LogP contribution in [0.3, 0.4) is 0 Å². The smallest absolute Gasteiger partial charge is 0.387 e. The van der Waals surface area contributed by atoms with Crippen molar-refractivity contribution in [2.24, 2.45) is 0 Å². The predicted molar refractivity (Wildman–Crippen MR) is 104 cm³/mol. The molecule has 1 heterocycles. The van der Waals surface area contributed by atoms with E-state index in [1.165, 1.54) is 19.2 Å². The molecule has 0 aliphatic heterocycles. The Morgan fingerprint density at radius 3 is 2.68 bits per heavy atom. The zero-order valence-electron chi connectivity index (χ0n) is 14.7.